The molecule has 20 heavy (non-hydrogen) atoms. The van der Waals surface area contributed by atoms with E-state index in [0.717, 1.165) is 29.6 Å². The second kappa shape index (κ2) is 7.04. The van der Waals surface area contributed by atoms with Crippen LogP contribution in [0.1, 0.15) is 36.2 Å². The first-order valence-electron chi connectivity index (χ1n) is 7.08. The summed E-state index contributed by atoms with van der Waals surface area (Å²) in [5.74, 6) is 0. The average Bonchev–Trinajstić information content (AvgIpc) is 2.83. The Morgan fingerprint density at radius 2 is 2.15 bits per heavy atom. The summed E-state index contributed by atoms with van der Waals surface area (Å²) in [5, 5.41) is 8.13. The van der Waals surface area contributed by atoms with E-state index >= 15 is 0 Å². The highest BCUT2D eigenvalue weighted by atomic mass is 79.9. The van der Waals surface area contributed by atoms with Gasteiger partial charge < -0.3 is 5.32 Å². The van der Waals surface area contributed by atoms with Crippen molar-refractivity contribution in [2.24, 2.45) is 7.05 Å². The van der Waals surface area contributed by atoms with Gasteiger partial charge >= 0.3 is 0 Å². The standard InChI is InChI=1S/C16H22BrN3/c1-4-8-18-16(11-13-7-9-20(3)19-13)14-10-12(2)5-6-15(14)17/h5-7,9-10,16,18H,4,8,11H2,1-3H3. The van der Waals surface area contributed by atoms with E-state index in [-0.39, 0.29) is 0 Å². The number of aryl methyl sites for hydroxylation is 2. The first-order valence-corrected chi connectivity index (χ1v) is 7.87. The fourth-order valence-electron chi connectivity index (χ4n) is 2.32. The summed E-state index contributed by atoms with van der Waals surface area (Å²) in [5.41, 5.74) is 3.71. The molecule has 108 valence electrons. The summed E-state index contributed by atoms with van der Waals surface area (Å²) in [6.45, 7) is 5.33. The quantitative estimate of drug-likeness (QED) is 0.870. The third-order valence-corrected chi connectivity index (χ3v) is 4.07. The van der Waals surface area contributed by atoms with Crippen LogP contribution >= 0.6 is 15.9 Å². The van der Waals surface area contributed by atoms with Gasteiger partial charge in [0.15, 0.2) is 0 Å². The van der Waals surface area contributed by atoms with Gasteiger partial charge in [-0.25, -0.2) is 0 Å². The van der Waals surface area contributed by atoms with Crippen molar-refractivity contribution in [3.63, 3.8) is 0 Å². The van der Waals surface area contributed by atoms with Crippen LogP contribution in [0.15, 0.2) is 34.9 Å². The second-order valence-corrected chi connectivity index (χ2v) is 6.07. The number of hydrogen-bond acceptors (Lipinski definition) is 2. The molecule has 0 radical (unpaired) electrons. The van der Waals surface area contributed by atoms with Crippen LogP contribution in [0, 0.1) is 6.92 Å². The maximum Gasteiger partial charge on any atom is 0.0643 e. The molecule has 0 aliphatic carbocycles. The average molecular weight is 336 g/mol. The Bertz CT molecular complexity index is 563. The number of halogens is 1. The summed E-state index contributed by atoms with van der Waals surface area (Å²) >= 11 is 3.68. The molecule has 0 saturated carbocycles. The van der Waals surface area contributed by atoms with E-state index in [4.69, 9.17) is 0 Å². The summed E-state index contributed by atoms with van der Waals surface area (Å²) in [4.78, 5) is 0. The minimum atomic E-state index is 0.291. The highest BCUT2D eigenvalue weighted by Gasteiger charge is 2.16. The Morgan fingerprint density at radius 1 is 1.35 bits per heavy atom. The van der Waals surface area contributed by atoms with Crippen LogP contribution in [0.3, 0.4) is 0 Å². The molecule has 4 heteroatoms. The number of nitrogens with zero attached hydrogens (tertiary/aromatic N) is 2. The topological polar surface area (TPSA) is 29.9 Å². The monoisotopic (exact) mass is 335 g/mol. The third-order valence-electron chi connectivity index (χ3n) is 3.35. The number of rotatable bonds is 6. The maximum absolute atomic E-state index is 4.50. The van der Waals surface area contributed by atoms with Gasteiger partial charge in [0.05, 0.1) is 5.69 Å². The minimum absolute atomic E-state index is 0.291. The number of benzene rings is 1. The third kappa shape index (κ3) is 3.93. The number of hydrogen-bond donors (Lipinski definition) is 1. The molecule has 1 aromatic heterocycles. The van der Waals surface area contributed by atoms with Crippen molar-refractivity contribution in [1.82, 2.24) is 15.1 Å². The molecule has 1 heterocycles. The molecular formula is C16H22BrN3. The lowest BCUT2D eigenvalue weighted by Crippen LogP contribution is -2.24. The molecular weight excluding hydrogens is 314 g/mol. The van der Waals surface area contributed by atoms with Gasteiger partial charge in [0.2, 0.25) is 0 Å². The van der Waals surface area contributed by atoms with Crippen molar-refractivity contribution >= 4 is 15.9 Å². The van der Waals surface area contributed by atoms with Crippen molar-refractivity contribution in [2.45, 2.75) is 32.7 Å². The summed E-state index contributed by atoms with van der Waals surface area (Å²) < 4.78 is 3.02. The van der Waals surface area contributed by atoms with Crippen LogP contribution < -0.4 is 5.32 Å². The van der Waals surface area contributed by atoms with E-state index in [1.807, 2.05) is 17.9 Å². The van der Waals surface area contributed by atoms with Gasteiger partial charge in [-0.15, -0.1) is 0 Å². The predicted octanol–water partition coefficient (Wildman–Crippen LogP) is 3.77. The molecule has 3 nitrogen and oxygen atoms in total. The Kier molecular flexibility index (Phi) is 5.38. The number of nitrogens with one attached hydrogen (secondary N) is 1. The lowest BCUT2D eigenvalue weighted by Gasteiger charge is -2.20. The van der Waals surface area contributed by atoms with Gasteiger partial charge in [0.1, 0.15) is 0 Å². The van der Waals surface area contributed by atoms with Crippen LogP contribution in [0.4, 0.5) is 0 Å². The lowest BCUT2D eigenvalue weighted by molar-refractivity contribution is 0.519. The Morgan fingerprint density at radius 3 is 2.80 bits per heavy atom. The molecule has 2 rings (SSSR count). The second-order valence-electron chi connectivity index (χ2n) is 5.22. The SMILES string of the molecule is CCCNC(Cc1ccn(C)n1)c1cc(C)ccc1Br. The van der Waals surface area contributed by atoms with Crippen molar-refractivity contribution in [1.29, 1.82) is 0 Å². The van der Waals surface area contributed by atoms with E-state index in [0.29, 0.717) is 6.04 Å². The zero-order valence-corrected chi connectivity index (χ0v) is 13.9. The van der Waals surface area contributed by atoms with Crippen LogP contribution in [0.2, 0.25) is 0 Å². The molecule has 0 aliphatic rings. The van der Waals surface area contributed by atoms with Crippen molar-refractivity contribution < 1.29 is 0 Å². The van der Waals surface area contributed by atoms with Crippen molar-refractivity contribution in [3.8, 4) is 0 Å². The molecule has 0 amide bonds. The van der Waals surface area contributed by atoms with Crippen LogP contribution in [0.25, 0.3) is 0 Å². The van der Waals surface area contributed by atoms with E-state index < -0.39 is 0 Å². The van der Waals surface area contributed by atoms with Gasteiger partial charge in [-0.05, 0) is 37.6 Å². The smallest absolute Gasteiger partial charge is 0.0643 e. The van der Waals surface area contributed by atoms with Gasteiger partial charge in [0, 0.05) is 30.2 Å². The molecule has 1 atom stereocenters. The molecule has 0 fully saturated rings. The molecule has 2 aromatic rings. The molecule has 1 unspecified atom stereocenters. The largest absolute Gasteiger partial charge is 0.310 e. The zero-order valence-electron chi connectivity index (χ0n) is 12.4. The molecule has 0 saturated heterocycles. The minimum Gasteiger partial charge on any atom is -0.310 e. The molecule has 0 spiro atoms. The number of aromatic nitrogens is 2. The summed E-state index contributed by atoms with van der Waals surface area (Å²) in [7, 11) is 1.96. The molecule has 1 N–H and O–H groups in total. The first-order chi connectivity index (χ1) is 9.60. The normalized spacial score (nSPS) is 12.6. The predicted molar refractivity (Wildman–Crippen MR) is 86.8 cm³/mol. The van der Waals surface area contributed by atoms with Crippen molar-refractivity contribution in [3.05, 3.63) is 51.8 Å². The molecule has 0 aliphatic heterocycles. The molecule has 1 aromatic carbocycles. The first kappa shape index (κ1) is 15.3. The van der Waals surface area contributed by atoms with Crippen LogP contribution in [-0.4, -0.2) is 16.3 Å². The van der Waals surface area contributed by atoms with Gasteiger partial charge in [0.25, 0.3) is 0 Å². The summed E-state index contributed by atoms with van der Waals surface area (Å²) in [6.07, 6.45) is 4.03. The van der Waals surface area contributed by atoms with Crippen molar-refractivity contribution in [2.75, 3.05) is 6.54 Å². The Labute approximate surface area is 129 Å². The lowest BCUT2D eigenvalue weighted by atomic mass is 10.00. The van der Waals surface area contributed by atoms with Crippen LogP contribution in [-0.2, 0) is 13.5 Å². The van der Waals surface area contributed by atoms with E-state index in [1.54, 1.807) is 0 Å². The van der Waals surface area contributed by atoms with Gasteiger partial charge in [-0.2, -0.15) is 5.10 Å². The molecule has 0 bridgehead atoms. The fourth-order valence-corrected chi connectivity index (χ4v) is 2.84. The van der Waals surface area contributed by atoms with Gasteiger partial charge in [-0.1, -0.05) is 40.5 Å². The highest BCUT2D eigenvalue weighted by molar-refractivity contribution is 9.10. The maximum atomic E-state index is 4.50. The highest BCUT2D eigenvalue weighted by Crippen LogP contribution is 2.27. The Balaban J connectivity index is 2.24. The zero-order chi connectivity index (χ0) is 14.5. The summed E-state index contributed by atoms with van der Waals surface area (Å²) in [6, 6.07) is 8.89. The van der Waals surface area contributed by atoms with E-state index in [9.17, 15) is 0 Å². The fraction of sp³-hybridized carbons (Fsp3) is 0.438. The van der Waals surface area contributed by atoms with E-state index in [2.05, 4.69) is 64.5 Å². The van der Waals surface area contributed by atoms with E-state index in [1.165, 1.54) is 11.1 Å². The van der Waals surface area contributed by atoms with Crippen LogP contribution in [0.5, 0.6) is 0 Å². The Hall–Kier alpha value is -1.13. The van der Waals surface area contributed by atoms with Gasteiger partial charge in [-0.3, -0.25) is 4.68 Å².